The highest BCUT2D eigenvalue weighted by atomic mass is 16.5. The van der Waals surface area contributed by atoms with Gasteiger partial charge in [-0.3, -0.25) is 9.59 Å². The van der Waals surface area contributed by atoms with Crippen molar-refractivity contribution >= 4 is 23.2 Å². The van der Waals surface area contributed by atoms with Crippen LogP contribution in [0.3, 0.4) is 0 Å². The Morgan fingerprint density at radius 1 is 0.853 bits per heavy atom. The lowest BCUT2D eigenvalue weighted by Gasteiger charge is -2.28. The number of carbonyl (C=O) groups excluding carboxylic acids is 2. The predicted molar refractivity (Wildman–Crippen MR) is 137 cm³/mol. The number of anilines is 2. The summed E-state index contributed by atoms with van der Waals surface area (Å²) in [5.41, 5.74) is 1.63. The Hall–Kier alpha value is -3.02. The lowest BCUT2D eigenvalue weighted by atomic mass is 9.79. The zero-order valence-corrected chi connectivity index (χ0v) is 20.7. The van der Waals surface area contributed by atoms with E-state index in [0.29, 0.717) is 41.7 Å². The summed E-state index contributed by atoms with van der Waals surface area (Å²) in [6.45, 7) is 6.86. The molecule has 0 aromatic heterocycles. The number of carbonyl (C=O) groups is 2. The molecule has 34 heavy (non-hydrogen) atoms. The van der Waals surface area contributed by atoms with E-state index in [4.69, 9.17) is 9.47 Å². The lowest BCUT2D eigenvalue weighted by Crippen LogP contribution is -2.27. The number of amides is 2. The molecule has 6 heteroatoms. The number of hydrogen-bond acceptors (Lipinski definition) is 4. The fraction of sp³-hybridized carbons (Fsp3) is 0.500. The molecule has 1 aliphatic rings. The highest BCUT2D eigenvalue weighted by molar-refractivity contribution is 6.05. The smallest absolute Gasteiger partial charge is 0.255 e. The first-order valence-electron chi connectivity index (χ1n) is 12.7. The normalized spacial score (nSPS) is 17.6. The second-order valence-corrected chi connectivity index (χ2v) is 8.88. The van der Waals surface area contributed by atoms with E-state index >= 15 is 0 Å². The zero-order chi connectivity index (χ0) is 24.3. The first-order valence-corrected chi connectivity index (χ1v) is 12.7. The van der Waals surface area contributed by atoms with Crippen LogP contribution in [0.25, 0.3) is 0 Å². The fourth-order valence-corrected chi connectivity index (χ4v) is 4.53. The maximum absolute atomic E-state index is 13.1. The van der Waals surface area contributed by atoms with E-state index < -0.39 is 0 Å². The van der Waals surface area contributed by atoms with Crippen LogP contribution in [0.2, 0.25) is 0 Å². The SMILES string of the molecule is CCCCC1CCC(C(=O)Nc2cc(OCC)c(NC(=O)c3ccccc3)cc2OCC)CC1. The van der Waals surface area contributed by atoms with Gasteiger partial charge in [-0.05, 0) is 57.6 Å². The van der Waals surface area contributed by atoms with Crippen LogP contribution in [-0.4, -0.2) is 25.0 Å². The van der Waals surface area contributed by atoms with Crippen LogP contribution in [-0.2, 0) is 4.79 Å². The molecule has 0 atom stereocenters. The molecule has 2 aromatic carbocycles. The molecule has 2 aromatic rings. The van der Waals surface area contributed by atoms with Crippen LogP contribution in [0.15, 0.2) is 42.5 Å². The summed E-state index contributed by atoms with van der Waals surface area (Å²) in [5.74, 6) is 1.56. The van der Waals surface area contributed by atoms with Gasteiger partial charge in [-0.2, -0.15) is 0 Å². The third-order valence-corrected chi connectivity index (χ3v) is 6.41. The van der Waals surface area contributed by atoms with Crippen LogP contribution in [0.4, 0.5) is 11.4 Å². The van der Waals surface area contributed by atoms with Gasteiger partial charge in [0, 0.05) is 23.6 Å². The summed E-state index contributed by atoms with van der Waals surface area (Å²) in [6, 6.07) is 12.5. The topological polar surface area (TPSA) is 76.7 Å². The average Bonchev–Trinajstić information content (AvgIpc) is 2.86. The Balaban J connectivity index is 1.75. The fourth-order valence-electron chi connectivity index (χ4n) is 4.53. The molecule has 0 spiro atoms. The molecule has 3 rings (SSSR count). The number of benzene rings is 2. The van der Waals surface area contributed by atoms with Crippen molar-refractivity contribution < 1.29 is 19.1 Å². The average molecular weight is 467 g/mol. The van der Waals surface area contributed by atoms with Crippen LogP contribution in [0.1, 0.15) is 76.1 Å². The minimum Gasteiger partial charge on any atom is -0.492 e. The quantitative estimate of drug-likeness (QED) is 0.388. The van der Waals surface area contributed by atoms with E-state index in [0.717, 1.165) is 31.6 Å². The van der Waals surface area contributed by atoms with Crippen molar-refractivity contribution in [2.45, 2.75) is 65.7 Å². The van der Waals surface area contributed by atoms with Gasteiger partial charge in [-0.15, -0.1) is 0 Å². The third kappa shape index (κ3) is 6.99. The monoisotopic (exact) mass is 466 g/mol. The van der Waals surface area contributed by atoms with Crippen LogP contribution < -0.4 is 20.1 Å². The predicted octanol–water partition coefficient (Wildman–Crippen LogP) is 6.67. The number of ether oxygens (including phenoxy) is 2. The largest absolute Gasteiger partial charge is 0.492 e. The molecule has 0 saturated heterocycles. The standard InChI is InChI=1S/C28H38N2O4/c1-4-7-11-20-14-16-22(17-15-20)28(32)30-24-19-25(33-5-2)23(18-26(24)34-6-3)29-27(31)21-12-9-8-10-13-21/h8-10,12-13,18-20,22H,4-7,11,14-17H2,1-3H3,(H,29,31)(H,30,32). The molecule has 1 saturated carbocycles. The van der Waals surface area contributed by atoms with Crippen molar-refractivity contribution in [1.82, 2.24) is 0 Å². The van der Waals surface area contributed by atoms with Crippen molar-refractivity contribution in [3.8, 4) is 11.5 Å². The van der Waals surface area contributed by atoms with Crippen molar-refractivity contribution in [3.05, 3.63) is 48.0 Å². The molecule has 2 amide bonds. The van der Waals surface area contributed by atoms with Gasteiger partial charge in [0.15, 0.2) is 0 Å². The minimum absolute atomic E-state index is 0.0142. The van der Waals surface area contributed by atoms with Crippen LogP contribution in [0, 0.1) is 11.8 Å². The Labute approximate surface area is 203 Å². The summed E-state index contributed by atoms with van der Waals surface area (Å²) in [7, 11) is 0. The van der Waals surface area contributed by atoms with Crippen molar-refractivity contribution in [2.75, 3.05) is 23.8 Å². The van der Waals surface area contributed by atoms with Gasteiger partial charge in [0.2, 0.25) is 5.91 Å². The van der Waals surface area contributed by atoms with E-state index in [1.54, 1.807) is 24.3 Å². The molecule has 6 nitrogen and oxygen atoms in total. The van der Waals surface area contributed by atoms with Gasteiger partial charge in [0.1, 0.15) is 11.5 Å². The summed E-state index contributed by atoms with van der Waals surface area (Å²) >= 11 is 0. The number of hydrogen-bond donors (Lipinski definition) is 2. The first-order chi connectivity index (χ1) is 16.5. The van der Waals surface area contributed by atoms with Gasteiger partial charge in [-0.25, -0.2) is 0 Å². The molecule has 184 valence electrons. The highest BCUT2D eigenvalue weighted by Crippen LogP contribution is 2.38. The number of nitrogens with one attached hydrogen (secondary N) is 2. The van der Waals surface area contributed by atoms with Gasteiger partial charge in [0.05, 0.1) is 24.6 Å². The molecular formula is C28H38N2O4. The van der Waals surface area contributed by atoms with Crippen LogP contribution in [0.5, 0.6) is 11.5 Å². The van der Waals surface area contributed by atoms with Gasteiger partial charge in [-0.1, -0.05) is 44.4 Å². The van der Waals surface area contributed by atoms with Crippen molar-refractivity contribution in [1.29, 1.82) is 0 Å². The van der Waals surface area contributed by atoms with Gasteiger partial charge in [0.25, 0.3) is 5.91 Å². The Bertz CT molecular complexity index is 937. The molecule has 1 aliphatic carbocycles. The summed E-state index contributed by atoms with van der Waals surface area (Å²) in [4.78, 5) is 25.8. The summed E-state index contributed by atoms with van der Waals surface area (Å²) < 4.78 is 11.6. The lowest BCUT2D eigenvalue weighted by molar-refractivity contribution is -0.121. The van der Waals surface area contributed by atoms with Gasteiger partial charge >= 0.3 is 0 Å². The van der Waals surface area contributed by atoms with Gasteiger partial charge < -0.3 is 20.1 Å². The molecule has 0 bridgehead atoms. The Kier molecular flexibility index (Phi) is 9.80. The van der Waals surface area contributed by atoms with Crippen molar-refractivity contribution in [3.63, 3.8) is 0 Å². The molecule has 0 aliphatic heterocycles. The Morgan fingerprint density at radius 2 is 1.44 bits per heavy atom. The number of rotatable bonds is 11. The van der Waals surface area contributed by atoms with E-state index in [1.165, 1.54) is 19.3 Å². The molecule has 0 radical (unpaired) electrons. The van der Waals surface area contributed by atoms with Crippen molar-refractivity contribution in [2.24, 2.45) is 11.8 Å². The first kappa shape index (κ1) is 25.6. The summed E-state index contributed by atoms with van der Waals surface area (Å²) in [5, 5.41) is 6.00. The molecule has 0 unspecified atom stereocenters. The molecule has 0 heterocycles. The van der Waals surface area contributed by atoms with E-state index in [1.807, 2.05) is 32.0 Å². The second kappa shape index (κ2) is 13.0. The van der Waals surface area contributed by atoms with Crippen LogP contribution >= 0.6 is 0 Å². The second-order valence-electron chi connectivity index (χ2n) is 8.88. The number of unbranched alkanes of at least 4 members (excludes halogenated alkanes) is 1. The molecular weight excluding hydrogens is 428 g/mol. The Morgan fingerprint density at radius 3 is 2.00 bits per heavy atom. The van der Waals surface area contributed by atoms with E-state index in [2.05, 4.69) is 17.6 Å². The maximum Gasteiger partial charge on any atom is 0.255 e. The maximum atomic E-state index is 13.1. The minimum atomic E-state index is -0.236. The summed E-state index contributed by atoms with van der Waals surface area (Å²) in [6.07, 6.45) is 7.85. The highest BCUT2D eigenvalue weighted by Gasteiger charge is 2.27. The third-order valence-electron chi connectivity index (χ3n) is 6.41. The zero-order valence-electron chi connectivity index (χ0n) is 20.7. The van der Waals surface area contributed by atoms with E-state index in [9.17, 15) is 9.59 Å². The van der Waals surface area contributed by atoms with E-state index in [-0.39, 0.29) is 17.7 Å². The molecule has 1 fully saturated rings. The molecule has 2 N–H and O–H groups in total.